The summed E-state index contributed by atoms with van der Waals surface area (Å²) in [5.41, 5.74) is 8.13. The van der Waals surface area contributed by atoms with E-state index in [1.165, 1.54) is 10.4 Å². The average molecular weight is 499 g/mol. The van der Waals surface area contributed by atoms with Crippen molar-refractivity contribution >= 4 is 27.5 Å². The number of carbonyl (C=O) groups is 2. The molecule has 0 aromatic heterocycles. The lowest BCUT2D eigenvalue weighted by Crippen LogP contribution is -2.40. The van der Waals surface area contributed by atoms with E-state index in [1.807, 2.05) is 24.3 Å². The van der Waals surface area contributed by atoms with Crippen LogP contribution in [-0.2, 0) is 21.4 Å². The van der Waals surface area contributed by atoms with Crippen LogP contribution in [0.1, 0.15) is 53.6 Å². The van der Waals surface area contributed by atoms with E-state index in [9.17, 15) is 18.0 Å². The molecule has 2 aliphatic rings. The van der Waals surface area contributed by atoms with Gasteiger partial charge in [0.05, 0.1) is 10.8 Å². The first-order valence-corrected chi connectivity index (χ1v) is 13.7. The van der Waals surface area contributed by atoms with Crippen molar-refractivity contribution in [3.8, 4) is 0 Å². The lowest BCUT2D eigenvalue weighted by atomic mass is 9.97. The molecule has 0 saturated carbocycles. The number of rotatable bonds is 7. The number of benzene rings is 2. The number of amides is 2. The summed E-state index contributed by atoms with van der Waals surface area (Å²) in [6, 6.07) is 12.4. The summed E-state index contributed by atoms with van der Waals surface area (Å²) in [5.74, 6) is -0.690. The highest BCUT2D eigenvalue weighted by atomic mass is 32.2. The highest BCUT2D eigenvalue weighted by Gasteiger charge is 2.28. The molecule has 0 bridgehead atoms. The van der Waals surface area contributed by atoms with Crippen molar-refractivity contribution in [3.63, 3.8) is 0 Å². The molecule has 4 rings (SSSR count). The standard InChI is InChI=1S/C26H34N4O4S/c1-19-7-10-21(16-24(19)35(33,34)30-14-3-2-4-15-30)26(32)28-23-11-8-20(9-12-23)17-29-13-5-6-22(18-29)25(27)31/h7-12,16,22H,2-6,13-15,17-18H2,1H3,(H2,27,31)(H,28,32). The number of anilines is 1. The van der Waals surface area contributed by atoms with Gasteiger partial charge in [-0.3, -0.25) is 14.5 Å². The van der Waals surface area contributed by atoms with Gasteiger partial charge in [-0.1, -0.05) is 24.6 Å². The van der Waals surface area contributed by atoms with Crippen LogP contribution in [-0.4, -0.2) is 55.6 Å². The van der Waals surface area contributed by atoms with Gasteiger partial charge in [-0.2, -0.15) is 4.31 Å². The lowest BCUT2D eigenvalue weighted by molar-refractivity contribution is -0.123. The van der Waals surface area contributed by atoms with Gasteiger partial charge in [-0.25, -0.2) is 8.42 Å². The molecule has 2 fully saturated rings. The molecule has 35 heavy (non-hydrogen) atoms. The Kier molecular flexibility index (Phi) is 7.88. The molecule has 2 saturated heterocycles. The summed E-state index contributed by atoms with van der Waals surface area (Å²) in [6.45, 7) is 5.11. The van der Waals surface area contributed by atoms with Crippen LogP contribution in [0.4, 0.5) is 5.69 Å². The highest BCUT2D eigenvalue weighted by Crippen LogP contribution is 2.25. The number of likely N-dealkylation sites (tertiary alicyclic amines) is 1. The van der Waals surface area contributed by atoms with Gasteiger partial charge in [0.1, 0.15) is 0 Å². The summed E-state index contributed by atoms with van der Waals surface area (Å²) in [6.07, 6.45) is 4.55. The third-order valence-electron chi connectivity index (χ3n) is 6.91. The first kappa shape index (κ1) is 25.3. The molecule has 2 amide bonds. The second kappa shape index (κ2) is 10.9. The monoisotopic (exact) mass is 498 g/mol. The zero-order valence-electron chi connectivity index (χ0n) is 20.2. The molecule has 2 aliphatic heterocycles. The van der Waals surface area contributed by atoms with Gasteiger partial charge >= 0.3 is 0 Å². The van der Waals surface area contributed by atoms with Crippen molar-refractivity contribution in [1.29, 1.82) is 0 Å². The molecule has 8 nitrogen and oxygen atoms in total. The second-order valence-corrected chi connectivity index (χ2v) is 11.5. The number of primary amides is 1. The predicted molar refractivity (Wildman–Crippen MR) is 135 cm³/mol. The van der Waals surface area contributed by atoms with E-state index in [-0.39, 0.29) is 22.6 Å². The minimum atomic E-state index is -3.63. The van der Waals surface area contributed by atoms with E-state index in [0.29, 0.717) is 43.0 Å². The number of aryl methyl sites for hydroxylation is 1. The summed E-state index contributed by atoms with van der Waals surface area (Å²) >= 11 is 0. The Morgan fingerprint density at radius 1 is 1.00 bits per heavy atom. The van der Waals surface area contributed by atoms with Gasteiger partial charge in [0.25, 0.3) is 5.91 Å². The van der Waals surface area contributed by atoms with Crippen LogP contribution < -0.4 is 11.1 Å². The molecule has 1 atom stereocenters. The van der Waals surface area contributed by atoms with Crippen LogP contribution in [0.3, 0.4) is 0 Å². The molecular weight excluding hydrogens is 464 g/mol. The Balaban J connectivity index is 1.41. The first-order chi connectivity index (χ1) is 16.7. The fourth-order valence-corrected chi connectivity index (χ4v) is 6.62. The van der Waals surface area contributed by atoms with Crippen LogP contribution >= 0.6 is 0 Å². The Hall–Kier alpha value is -2.75. The molecule has 9 heteroatoms. The van der Waals surface area contributed by atoms with Crippen molar-refractivity contribution in [2.45, 2.75) is 50.5 Å². The average Bonchev–Trinajstić information content (AvgIpc) is 2.86. The quantitative estimate of drug-likeness (QED) is 0.609. The Bertz CT molecular complexity index is 1170. The van der Waals surface area contributed by atoms with E-state index in [4.69, 9.17) is 5.73 Å². The number of carbonyl (C=O) groups excluding carboxylic acids is 2. The summed E-state index contributed by atoms with van der Waals surface area (Å²) in [4.78, 5) is 26.8. The van der Waals surface area contributed by atoms with Gasteiger partial charge in [0.2, 0.25) is 15.9 Å². The SMILES string of the molecule is Cc1ccc(C(=O)Nc2ccc(CN3CCCC(C(N)=O)C3)cc2)cc1S(=O)(=O)N1CCCCC1. The number of nitrogens with one attached hydrogen (secondary N) is 1. The van der Waals surface area contributed by atoms with Crippen LogP contribution in [0.5, 0.6) is 0 Å². The van der Waals surface area contributed by atoms with Crippen molar-refractivity contribution in [2.75, 3.05) is 31.5 Å². The number of hydrogen-bond acceptors (Lipinski definition) is 5. The second-order valence-electron chi connectivity index (χ2n) is 9.57. The van der Waals surface area contributed by atoms with Gasteiger partial charge < -0.3 is 11.1 Å². The Morgan fingerprint density at radius 3 is 2.40 bits per heavy atom. The molecule has 2 aromatic carbocycles. The highest BCUT2D eigenvalue weighted by molar-refractivity contribution is 7.89. The van der Waals surface area contributed by atoms with E-state index in [2.05, 4.69) is 10.2 Å². The zero-order valence-corrected chi connectivity index (χ0v) is 21.0. The normalized spacial score (nSPS) is 19.9. The van der Waals surface area contributed by atoms with E-state index in [1.54, 1.807) is 19.1 Å². The molecule has 0 radical (unpaired) electrons. The van der Waals surface area contributed by atoms with Crippen LogP contribution in [0.25, 0.3) is 0 Å². The minimum Gasteiger partial charge on any atom is -0.369 e. The van der Waals surface area contributed by atoms with Crippen LogP contribution in [0.2, 0.25) is 0 Å². The zero-order chi connectivity index (χ0) is 25.0. The number of piperidine rings is 2. The number of nitrogens with zero attached hydrogens (tertiary/aromatic N) is 2. The molecule has 1 unspecified atom stereocenters. The van der Waals surface area contributed by atoms with Crippen molar-refractivity contribution in [1.82, 2.24) is 9.21 Å². The Labute approximate surface area is 207 Å². The van der Waals surface area contributed by atoms with E-state index in [0.717, 1.165) is 44.2 Å². The molecule has 0 aliphatic carbocycles. The van der Waals surface area contributed by atoms with Crippen LogP contribution in [0.15, 0.2) is 47.4 Å². The maximum absolute atomic E-state index is 13.2. The summed E-state index contributed by atoms with van der Waals surface area (Å²) < 4.78 is 27.8. The summed E-state index contributed by atoms with van der Waals surface area (Å²) in [7, 11) is -3.63. The van der Waals surface area contributed by atoms with Gasteiger partial charge in [-0.05, 0) is 74.5 Å². The largest absolute Gasteiger partial charge is 0.369 e. The van der Waals surface area contributed by atoms with Gasteiger partial charge in [-0.15, -0.1) is 0 Å². The molecular formula is C26H34N4O4S. The predicted octanol–water partition coefficient (Wildman–Crippen LogP) is 3.12. The smallest absolute Gasteiger partial charge is 0.255 e. The Morgan fingerprint density at radius 2 is 1.71 bits per heavy atom. The van der Waals surface area contributed by atoms with Crippen molar-refractivity contribution in [2.24, 2.45) is 11.7 Å². The number of sulfonamides is 1. The lowest BCUT2D eigenvalue weighted by Gasteiger charge is -2.31. The third kappa shape index (κ3) is 6.09. The molecule has 2 aromatic rings. The maximum Gasteiger partial charge on any atom is 0.255 e. The fourth-order valence-electron chi connectivity index (χ4n) is 4.85. The maximum atomic E-state index is 13.2. The molecule has 0 spiro atoms. The molecule has 2 heterocycles. The first-order valence-electron chi connectivity index (χ1n) is 12.3. The summed E-state index contributed by atoms with van der Waals surface area (Å²) in [5, 5.41) is 2.87. The molecule has 188 valence electrons. The molecule has 3 N–H and O–H groups in total. The number of hydrogen-bond donors (Lipinski definition) is 2. The van der Waals surface area contributed by atoms with Gasteiger partial charge in [0.15, 0.2) is 0 Å². The van der Waals surface area contributed by atoms with E-state index < -0.39 is 10.0 Å². The van der Waals surface area contributed by atoms with Crippen molar-refractivity contribution in [3.05, 3.63) is 59.2 Å². The topological polar surface area (TPSA) is 113 Å². The van der Waals surface area contributed by atoms with Crippen LogP contribution in [0, 0.1) is 12.8 Å². The van der Waals surface area contributed by atoms with Crippen molar-refractivity contribution < 1.29 is 18.0 Å². The fraction of sp³-hybridized carbons (Fsp3) is 0.462. The third-order valence-corrected chi connectivity index (χ3v) is 8.95. The number of nitrogens with two attached hydrogens (primary N) is 1. The minimum absolute atomic E-state index is 0.0968. The van der Waals surface area contributed by atoms with Gasteiger partial charge in [0, 0.05) is 37.4 Å². The van der Waals surface area contributed by atoms with E-state index >= 15 is 0 Å².